The van der Waals surface area contributed by atoms with Crippen molar-refractivity contribution in [2.24, 2.45) is 5.92 Å². The Kier molecular flexibility index (Phi) is 8.07. The number of aliphatic carboxylic acids is 1. The van der Waals surface area contributed by atoms with E-state index in [2.05, 4.69) is 19.2 Å². The number of amides is 1. The monoisotopic (exact) mass is 247 g/mol. The topological polar surface area (TPSA) is 66.4 Å². The Morgan fingerprint density at radius 1 is 1.25 bits per heavy atom. The van der Waals surface area contributed by atoms with Crippen LogP contribution in [-0.4, -0.2) is 34.5 Å². The van der Waals surface area contributed by atoms with Crippen LogP contribution in [0.25, 0.3) is 0 Å². The van der Waals surface area contributed by atoms with E-state index in [1.807, 2.05) is 0 Å². The molecule has 2 N–H and O–H groups in total. The average molecular weight is 247 g/mol. The lowest BCUT2D eigenvalue weighted by atomic mass is 10.2. The second-order valence-corrected chi connectivity index (χ2v) is 5.40. The van der Waals surface area contributed by atoms with E-state index >= 15 is 0 Å². The first kappa shape index (κ1) is 15.3. The summed E-state index contributed by atoms with van der Waals surface area (Å²) in [6, 6.07) is -0.746. The van der Waals surface area contributed by atoms with Crippen LogP contribution in [-0.2, 0) is 9.59 Å². The summed E-state index contributed by atoms with van der Waals surface area (Å²) < 4.78 is 0. The van der Waals surface area contributed by atoms with Crippen molar-refractivity contribution in [3.8, 4) is 0 Å². The Hall–Kier alpha value is -0.710. The zero-order valence-corrected chi connectivity index (χ0v) is 11.0. The van der Waals surface area contributed by atoms with Crippen LogP contribution in [0.15, 0.2) is 0 Å². The summed E-state index contributed by atoms with van der Waals surface area (Å²) in [5.41, 5.74) is 0. The highest BCUT2D eigenvalue weighted by Crippen LogP contribution is 2.11. The van der Waals surface area contributed by atoms with Gasteiger partial charge in [0.05, 0.1) is 0 Å². The molecule has 0 spiro atoms. The van der Waals surface area contributed by atoms with Gasteiger partial charge in [-0.15, -0.1) is 0 Å². The molecule has 1 amide bonds. The standard InChI is InChI=1S/C11H21NO3S/c1-8(2)4-6-16-7-5-10(11(14)15)12-9(3)13/h8,10H,4-7H2,1-3H3,(H,12,13)(H,14,15). The maximum Gasteiger partial charge on any atom is 0.326 e. The zero-order valence-electron chi connectivity index (χ0n) is 10.2. The summed E-state index contributed by atoms with van der Waals surface area (Å²) in [4.78, 5) is 21.5. The molecule has 0 saturated heterocycles. The van der Waals surface area contributed by atoms with Crippen LogP contribution >= 0.6 is 11.8 Å². The normalized spacial score (nSPS) is 12.5. The van der Waals surface area contributed by atoms with Crippen molar-refractivity contribution in [1.82, 2.24) is 5.32 Å². The first-order valence-electron chi connectivity index (χ1n) is 5.51. The summed E-state index contributed by atoms with van der Waals surface area (Å²) in [7, 11) is 0. The summed E-state index contributed by atoms with van der Waals surface area (Å²) in [6.07, 6.45) is 1.63. The number of thioether (sulfide) groups is 1. The van der Waals surface area contributed by atoms with Crippen LogP contribution in [0.4, 0.5) is 0 Å². The van der Waals surface area contributed by atoms with Crippen LogP contribution in [0.1, 0.15) is 33.6 Å². The molecule has 1 unspecified atom stereocenters. The van der Waals surface area contributed by atoms with Crippen LogP contribution in [0.3, 0.4) is 0 Å². The fourth-order valence-corrected chi connectivity index (χ4v) is 2.37. The third-order valence-electron chi connectivity index (χ3n) is 2.07. The molecule has 0 aromatic rings. The quantitative estimate of drug-likeness (QED) is 0.641. The highest BCUT2D eigenvalue weighted by atomic mass is 32.2. The molecule has 0 bridgehead atoms. The predicted octanol–water partition coefficient (Wildman–Crippen LogP) is 1.75. The molecule has 0 fully saturated rings. The van der Waals surface area contributed by atoms with Gasteiger partial charge in [-0.1, -0.05) is 13.8 Å². The Labute approximate surface area is 101 Å². The molecule has 4 nitrogen and oxygen atoms in total. The number of nitrogens with one attached hydrogen (secondary N) is 1. The molecule has 0 aliphatic heterocycles. The molecule has 0 aromatic heterocycles. The fourth-order valence-electron chi connectivity index (χ4n) is 1.13. The first-order valence-corrected chi connectivity index (χ1v) is 6.66. The minimum absolute atomic E-state index is 0.292. The third kappa shape index (κ3) is 8.59. The lowest BCUT2D eigenvalue weighted by molar-refractivity contribution is -0.141. The largest absolute Gasteiger partial charge is 0.480 e. The smallest absolute Gasteiger partial charge is 0.326 e. The summed E-state index contributed by atoms with van der Waals surface area (Å²) in [5, 5.41) is 11.3. The number of hydrogen-bond donors (Lipinski definition) is 2. The van der Waals surface area contributed by atoms with E-state index in [4.69, 9.17) is 5.11 Å². The van der Waals surface area contributed by atoms with E-state index < -0.39 is 12.0 Å². The van der Waals surface area contributed by atoms with Crippen molar-refractivity contribution < 1.29 is 14.7 Å². The van der Waals surface area contributed by atoms with Gasteiger partial charge < -0.3 is 10.4 Å². The molecule has 0 radical (unpaired) electrons. The number of carbonyl (C=O) groups is 2. The summed E-state index contributed by atoms with van der Waals surface area (Å²) >= 11 is 1.74. The van der Waals surface area contributed by atoms with Crippen molar-refractivity contribution in [2.45, 2.75) is 39.7 Å². The van der Waals surface area contributed by atoms with Gasteiger partial charge in [-0.3, -0.25) is 4.79 Å². The maximum atomic E-state index is 10.8. The second kappa shape index (κ2) is 8.44. The Morgan fingerprint density at radius 2 is 1.81 bits per heavy atom. The number of carboxylic acid groups (broad SMARTS) is 1. The molecule has 16 heavy (non-hydrogen) atoms. The van der Waals surface area contributed by atoms with E-state index in [1.165, 1.54) is 6.92 Å². The Morgan fingerprint density at radius 3 is 2.25 bits per heavy atom. The molecule has 0 heterocycles. The van der Waals surface area contributed by atoms with E-state index in [1.54, 1.807) is 11.8 Å². The lowest BCUT2D eigenvalue weighted by Crippen LogP contribution is -2.39. The van der Waals surface area contributed by atoms with Crippen molar-refractivity contribution in [2.75, 3.05) is 11.5 Å². The lowest BCUT2D eigenvalue weighted by Gasteiger charge is -2.12. The van der Waals surface area contributed by atoms with Gasteiger partial charge in [0.1, 0.15) is 6.04 Å². The Bertz CT molecular complexity index is 231. The second-order valence-electron chi connectivity index (χ2n) is 4.17. The van der Waals surface area contributed by atoms with E-state index in [9.17, 15) is 9.59 Å². The summed E-state index contributed by atoms with van der Waals surface area (Å²) in [6.45, 7) is 5.66. The van der Waals surface area contributed by atoms with Crippen LogP contribution in [0, 0.1) is 5.92 Å². The minimum Gasteiger partial charge on any atom is -0.480 e. The van der Waals surface area contributed by atoms with Crippen molar-refractivity contribution >= 4 is 23.6 Å². The van der Waals surface area contributed by atoms with Gasteiger partial charge in [0.25, 0.3) is 0 Å². The average Bonchev–Trinajstić information content (AvgIpc) is 2.14. The molecule has 1 atom stereocenters. The molecule has 5 heteroatoms. The SMILES string of the molecule is CC(=O)NC(CCSCCC(C)C)C(=O)O. The van der Waals surface area contributed by atoms with Gasteiger partial charge in [-0.05, 0) is 30.3 Å². The van der Waals surface area contributed by atoms with Crippen molar-refractivity contribution in [3.63, 3.8) is 0 Å². The minimum atomic E-state index is -0.959. The van der Waals surface area contributed by atoms with Gasteiger partial charge in [-0.2, -0.15) is 11.8 Å². The molecular formula is C11H21NO3S. The highest BCUT2D eigenvalue weighted by Gasteiger charge is 2.17. The highest BCUT2D eigenvalue weighted by molar-refractivity contribution is 7.99. The van der Waals surface area contributed by atoms with Crippen LogP contribution in [0.5, 0.6) is 0 Å². The molecule has 0 aliphatic rings. The van der Waals surface area contributed by atoms with E-state index in [-0.39, 0.29) is 5.91 Å². The number of carboxylic acids is 1. The molecule has 94 valence electrons. The summed E-state index contributed by atoms with van der Waals surface area (Å²) in [5.74, 6) is 1.24. The predicted molar refractivity (Wildman–Crippen MR) is 66.6 cm³/mol. The van der Waals surface area contributed by atoms with Crippen molar-refractivity contribution in [1.29, 1.82) is 0 Å². The van der Waals surface area contributed by atoms with Gasteiger partial charge >= 0.3 is 5.97 Å². The van der Waals surface area contributed by atoms with Crippen LogP contribution < -0.4 is 5.32 Å². The van der Waals surface area contributed by atoms with Crippen molar-refractivity contribution in [3.05, 3.63) is 0 Å². The van der Waals surface area contributed by atoms with E-state index in [0.717, 1.165) is 17.9 Å². The number of hydrogen-bond acceptors (Lipinski definition) is 3. The molecule has 0 aliphatic carbocycles. The van der Waals surface area contributed by atoms with Gasteiger partial charge in [0.15, 0.2) is 0 Å². The first-order chi connectivity index (χ1) is 7.43. The molecule has 0 aromatic carbocycles. The zero-order chi connectivity index (χ0) is 12.6. The molecule has 0 saturated carbocycles. The van der Waals surface area contributed by atoms with E-state index in [0.29, 0.717) is 12.3 Å². The van der Waals surface area contributed by atoms with Gasteiger partial charge in [-0.25, -0.2) is 4.79 Å². The fraction of sp³-hybridized carbons (Fsp3) is 0.818. The number of carbonyl (C=O) groups excluding carboxylic acids is 1. The molecular weight excluding hydrogens is 226 g/mol. The third-order valence-corrected chi connectivity index (χ3v) is 3.11. The number of rotatable bonds is 8. The van der Waals surface area contributed by atoms with Crippen LogP contribution in [0.2, 0.25) is 0 Å². The maximum absolute atomic E-state index is 10.8. The van der Waals surface area contributed by atoms with Gasteiger partial charge in [0.2, 0.25) is 5.91 Å². The molecule has 0 rings (SSSR count). The Balaban J connectivity index is 3.69. The van der Waals surface area contributed by atoms with Gasteiger partial charge in [0, 0.05) is 6.92 Å².